The van der Waals surface area contributed by atoms with Crippen LogP contribution >= 0.6 is 0 Å². The van der Waals surface area contributed by atoms with Crippen molar-refractivity contribution < 1.29 is 0 Å². The molecular weight excluding hydrogens is 340 g/mol. The zero-order valence-electron chi connectivity index (χ0n) is 17.6. The van der Waals surface area contributed by atoms with E-state index in [9.17, 15) is 0 Å². The van der Waals surface area contributed by atoms with Crippen LogP contribution in [0.3, 0.4) is 0 Å². The Hall–Kier alpha value is -1.96. The Morgan fingerprint density at radius 2 is 0.964 bits per heavy atom. The highest BCUT2D eigenvalue weighted by Gasteiger charge is 2.06. The monoisotopic (exact) mass is 378 g/mol. The number of hydrogen-bond acceptors (Lipinski definition) is 2. The molecule has 2 nitrogen and oxygen atoms in total. The molecule has 0 spiro atoms. The normalized spacial score (nSPS) is 22.9. The van der Waals surface area contributed by atoms with E-state index in [1.807, 2.05) is 0 Å². The summed E-state index contributed by atoms with van der Waals surface area (Å²) in [7, 11) is 0. The Labute approximate surface area is 172 Å². The van der Waals surface area contributed by atoms with Crippen molar-refractivity contribution in [1.82, 2.24) is 9.80 Å². The maximum Gasteiger partial charge on any atom is 0.0357 e. The molecule has 3 aliphatic rings. The van der Waals surface area contributed by atoms with E-state index >= 15 is 0 Å². The van der Waals surface area contributed by atoms with Crippen molar-refractivity contribution >= 4 is 0 Å². The number of nitrogens with zero attached hydrogens (tertiary/aromatic N) is 2. The summed E-state index contributed by atoms with van der Waals surface area (Å²) in [5.74, 6) is 0. The van der Waals surface area contributed by atoms with Crippen LogP contribution in [0.1, 0.15) is 64.2 Å². The molecule has 0 atom stereocenters. The molecule has 4 bridgehead atoms. The predicted octanol–water partition coefficient (Wildman–Crippen LogP) is 6.52. The molecule has 28 heavy (non-hydrogen) atoms. The lowest BCUT2D eigenvalue weighted by Gasteiger charge is -2.23. The Morgan fingerprint density at radius 3 is 1.46 bits per heavy atom. The van der Waals surface area contributed by atoms with Crippen LogP contribution in [-0.4, -0.2) is 36.0 Å². The van der Waals surface area contributed by atoms with E-state index in [0.717, 1.165) is 25.9 Å². The summed E-state index contributed by atoms with van der Waals surface area (Å²) in [5, 5.41) is 0. The third kappa shape index (κ3) is 7.96. The van der Waals surface area contributed by atoms with Gasteiger partial charge in [0.05, 0.1) is 0 Å². The summed E-state index contributed by atoms with van der Waals surface area (Å²) < 4.78 is 0. The molecule has 0 saturated carbocycles. The van der Waals surface area contributed by atoms with Crippen LogP contribution in [-0.2, 0) is 0 Å². The molecule has 3 rings (SSSR count). The minimum Gasteiger partial charge on any atom is -0.373 e. The molecule has 0 saturated heterocycles. The molecule has 3 aliphatic heterocycles. The lowest BCUT2D eigenvalue weighted by atomic mass is 10.1. The van der Waals surface area contributed by atoms with E-state index in [0.29, 0.717) is 0 Å². The number of fused-ring (bicyclic) bond motifs is 2. The molecular formula is C26H38N2. The van der Waals surface area contributed by atoms with Crippen LogP contribution in [0.4, 0.5) is 0 Å². The van der Waals surface area contributed by atoms with Gasteiger partial charge in [0.2, 0.25) is 0 Å². The predicted molar refractivity (Wildman–Crippen MR) is 122 cm³/mol. The smallest absolute Gasteiger partial charge is 0.0357 e. The quantitative estimate of drug-likeness (QED) is 0.442. The van der Waals surface area contributed by atoms with E-state index < -0.39 is 0 Å². The first-order valence-electron chi connectivity index (χ1n) is 11.4. The second-order valence-corrected chi connectivity index (χ2v) is 8.21. The molecule has 152 valence electrons. The van der Waals surface area contributed by atoms with Crippen LogP contribution in [0, 0.1) is 0 Å². The van der Waals surface area contributed by atoms with E-state index in [-0.39, 0.29) is 0 Å². The van der Waals surface area contributed by atoms with Crippen molar-refractivity contribution in [2.45, 2.75) is 64.2 Å². The minimum absolute atomic E-state index is 1.08. The third-order valence-corrected chi connectivity index (χ3v) is 5.71. The van der Waals surface area contributed by atoms with Gasteiger partial charge in [-0.25, -0.2) is 0 Å². The van der Waals surface area contributed by atoms with Gasteiger partial charge >= 0.3 is 0 Å². The molecule has 0 aromatic heterocycles. The fourth-order valence-corrected chi connectivity index (χ4v) is 4.07. The average molecular weight is 379 g/mol. The van der Waals surface area contributed by atoms with Gasteiger partial charge in [-0.3, -0.25) is 0 Å². The molecule has 0 aromatic rings. The first-order chi connectivity index (χ1) is 13.9. The highest BCUT2D eigenvalue weighted by atomic mass is 15.1. The van der Waals surface area contributed by atoms with Crippen molar-refractivity contribution in [3.63, 3.8) is 0 Å². The topological polar surface area (TPSA) is 6.48 Å². The molecule has 2 heteroatoms. The largest absolute Gasteiger partial charge is 0.373 e. The Kier molecular flexibility index (Phi) is 9.26. The van der Waals surface area contributed by atoms with Crippen molar-refractivity contribution in [2.24, 2.45) is 0 Å². The highest BCUT2D eigenvalue weighted by Crippen LogP contribution is 2.17. The van der Waals surface area contributed by atoms with Crippen molar-refractivity contribution in [2.75, 3.05) is 26.2 Å². The van der Waals surface area contributed by atoms with Gasteiger partial charge in [-0.2, -0.15) is 0 Å². The van der Waals surface area contributed by atoms with Crippen LogP contribution in [0.25, 0.3) is 0 Å². The Bertz CT molecular complexity index is 577. The minimum atomic E-state index is 1.08. The number of allylic oxidation sites excluding steroid dienone is 8. The van der Waals surface area contributed by atoms with Crippen LogP contribution in [0.2, 0.25) is 0 Å². The van der Waals surface area contributed by atoms with E-state index in [2.05, 4.69) is 70.8 Å². The molecule has 0 fully saturated rings. The van der Waals surface area contributed by atoms with Gasteiger partial charge < -0.3 is 9.80 Å². The van der Waals surface area contributed by atoms with Crippen LogP contribution in [0.15, 0.2) is 72.2 Å². The zero-order valence-corrected chi connectivity index (χ0v) is 17.6. The van der Waals surface area contributed by atoms with Gasteiger partial charge in [0.25, 0.3) is 0 Å². The maximum absolute atomic E-state index is 2.49. The Balaban J connectivity index is 1.50. The van der Waals surface area contributed by atoms with E-state index in [4.69, 9.17) is 0 Å². The molecule has 0 aliphatic carbocycles. The van der Waals surface area contributed by atoms with Crippen molar-refractivity contribution in [3.8, 4) is 0 Å². The van der Waals surface area contributed by atoms with Crippen molar-refractivity contribution in [3.05, 3.63) is 72.2 Å². The standard InChI is InChI=1S/C26H38N2/c1-3-7-11-19-27-21-14-18-26(24-27)16-10-6-2-4-8-12-20-28-22-13-17-25(23-28)15-9-5-1/h1-2,5-6,13-14,17-18,23-24H,3-4,7-12,15-16,19-22H2. The van der Waals surface area contributed by atoms with Gasteiger partial charge in [-0.15, -0.1) is 0 Å². The zero-order chi connectivity index (χ0) is 19.3. The van der Waals surface area contributed by atoms with Gasteiger partial charge in [-0.05, 0) is 75.4 Å². The molecule has 0 aromatic carbocycles. The van der Waals surface area contributed by atoms with Gasteiger partial charge in [0.15, 0.2) is 0 Å². The summed E-state index contributed by atoms with van der Waals surface area (Å²) in [5.41, 5.74) is 2.97. The Morgan fingerprint density at radius 1 is 0.500 bits per heavy atom. The summed E-state index contributed by atoms with van der Waals surface area (Å²) >= 11 is 0. The van der Waals surface area contributed by atoms with E-state index in [1.165, 1.54) is 75.6 Å². The summed E-state index contributed by atoms with van der Waals surface area (Å²) in [4.78, 5) is 4.98. The highest BCUT2D eigenvalue weighted by molar-refractivity contribution is 5.23. The molecule has 0 N–H and O–H groups in total. The van der Waals surface area contributed by atoms with Crippen molar-refractivity contribution in [1.29, 1.82) is 0 Å². The first kappa shape index (κ1) is 20.8. The van der Waals surface area contributed by atoms with Gasteiger partial charge in [0, 0.05) is 38.6 Å². The van der Waals surface area contributed by atoms with Gasteiger partial charge in [0.1, 0.15) is 0 Å². The molecule has 0 unspecified atom stereocenters. The number of rotatable bonds is 0. The number of hydrogen-bond donors (Lipinski definition) is 0. The van der Waals surface area contributed by atoms with Crippen LogP contribution in [0.5, 0.6) is 0 Å². The fraction of sp³-hybridized carbons (Fsp3) is 0.538. The average Bonchev–Trinajstić information content (AvgIpc) is 2.72. The summed E-state index contributed by atoms with van der Waals surface area (Å²) in [6.07, 6.45) is 35.9. The SMILES string of the molecule is C1=CCCC2=CN(CC=C2)CCCCC=CCCC2=CN(CC=C2)CCCC1. The lowest BCUT2D eigenvalue weighted by Crippen LogP contribution is -2.21. The van der Waals surface area contributed by atoms with Gasteiger partial charge in [-0.1, -0.05) is 48.6 Å². The third-order valence-electron chi connectivity index (χ3n) is 5.71. The van der Waals surface area contributed by atoms with E-state index in [1.54, 1.807) is 0 Å². The maximum atomic E-state index is 2.49. The van der Waals surface area contributed by atoms with Crippen LogP contribution < -0.4 is 0 Å². The lowest BCUT2D eigenvalue weighted by molar-refractivity contribution is 0.393. The summed E-state index contributed by atoms with van der Waals surface area (Å²) in [6, 6.07) is 0. The second-order valence-electron chi connectivity index (χ2n) is 8.21. The molecule has 0 radical (unpaired) electrons. The second kappa shape index (κ2) is 12.5. The molecule has 0 amide bonds. The first-order valence-corrected chi connectivity index (χ1v) is 11.4. The summed E-state index contributed by atoms with van der Waals surface area (Å²) in [6.45, 7) is 4.53. The molecule has 3 heterocycles. The fourth-order valence-electron chi connectivity index (χ4n) is 4.07.